The van der Waals surface area contributed by atoms with Gasteiger partial charge in [0.1, 0.15) is 0 Å². The normalized spacial score (nSPS) is 12.2. The zero-order chi connectivity index (χ0) is 9.47. The van der Waals surface area contributed by atoms with Crippen LogP contribution in [0.25, 0.3) is 10.1 Å². The largest absolute Gasteiger partial charge is 0.511 e. The van der Waals surface area contributed by atoms with Gasteiger partial charge in [-0.25, -0.2) is 0 Å². The second-order valence-electron chi connectivity index (χ2n) is 2.76. The van der Waals surface area contributed by atoms with Gasteiger partial charge in [0.2, 0.25) is 0 Å². The second-order valence-corrected chi connectivity index (χ2v) is 3.67. The molecule has 0 N–H and O–H groups in total. The third kappa shape index (κ3) is 1.44. The fourth-order valence-corrected chi connectivity index (χ4v) is 2.26. The molecule has 0 saturated heterocycles. The molecule has 5 heteroatoms. The molecule has 0 radical (unpaired) electrons. The van der Waals surface area contributed by atoms with Crippen molar-refractivity contribution >= 4 is 33.9 Å². The Morgan fingerprint density at radius 3 is 2.46 bits per heavy atom. The molecule has 0 amide bonds. The topological polar surface area (TPSA) is 0 Å². The molecule has 1 aromatic heterocycles. The fraction of sp³-hybridized carbons (Fsp3) is 0. The predicted molar refractivity (Wildman–Crippen MR) is 50.5 cm³/mol. The lowest BCUT2D eigenvalue weighted by Crippen LogP contribution is -2.32. The van der Waals surface area contributed by atoms with Crippen LogP contribution >= 0.6 is 11.3 Å². The first-order valence-electron chi connectivity index (χ1n) is 3.75. The third-order valence-electron chi connectivity index (χ3n) is 1.86. The van der Waals surface area contributed by atoms with Crippen LogP contribution in [0, 0.1) is 0 Å². The Hall–Kier alpha value is -0.965. The van der Waals surface area contributed by atoms with E-state index in [0.29, 0.717) is 10.1 Å². The third-order valence-corrected chi connectivity index (χ3v) is 2.85. The summed E-state index contributed by atoms with van der Waals surface area (Å²) in [5.41, 5.74) is -0.472. The molecular formula is C8H5BF3S-. The molecule has 0 spiro atoms. The maximum absolute atomic E-state index is 12.4. The van der Waals surface area contributed by atoms with Gasteiger partial charge in [-0.1, -0.05) is 23.7 Å². The summed E-state index contributed by atoms with van der Waals surface area (Å²) < 4.78 is 38.0. The minimum Gasteiger partial charge on any atom is -0.445 e. The van der Waals surface area contributed by atoms with E-state index in [9.17, 15) is 12.9 Å². The van der Waals surface area contributed by atoms with Gasteiger partial charge in [-0.2, -0.15) is 0 Å². The summed E-state index contributed by atoms with van der Waals surface area (Å²) in [4.78, 5) is 0. The summed E-state index contributed by atoms with van der Waals surface area (Å²) in [7, 11) is 0. The summed E-state index contributed by atoms with van der Waals surface area (Å²) >= 11 is 1.14. The van der Waals surface area contributed by atoms with Crippen LogP contribution < -0.4 is 5.46 Å². The number of fused-ring (bicyclic) bond motifs is 1. The highest BCUT2D eigenvalue weighted by Gasteiger charge is 2.28. The zero-order valence-electron chi connectivity index (χ0n) is 6.51. The van der Waals surface area contributed by atoms with E-state index < -0.39 is 12.4 Å². The van der Waals surface area contributed by atoms with E-state index >= 15 is 0 Å². The Morgan fingerprint density at radius 2 is 1.77 bits per heavy atom. The Kier molecular flexibility index (Phi) is 1.84. The van der Waals surface area contributed by atoms with Gasteiger partial charge in [-0.3, -0.25) is 0 Å². The maximum atomic E-state index is 12.4. The van der Waals surface area contributed by atoms with Gasteiger partial charge in [0.05, 0.1) is 0 Å². The Labute approximate surface area is 77.1 Å². The number of hydrogen-bond acceptors (Lipinski definition) is 1. The lowest BCUT2D eigenvalue weighted by atomic mass is 9.80. The number of halogens is 3. The molecule has 0 aliphatic rings. The summed E-state index contributed by atoms with van der Waals surface area (Å²) in [5, 5.41) is 1.50. The van der Waals surface area contributed by atoms with Crippen molar-refractivity contribution in [2.24, 2.45) is 0 Å². The number of rotatable bonds is 1. The zero-order valence-corrected chi connectivity index (χ0v) is 7.32. The first kappa shape index (κ1) is 8.63. The van der Waals surface area contributed by atoms with Crippen LogP contribution in [0.5, 0.6) is 0 Å². The average Bonchev–Trinajstić information content (AvgIpc) is 2.45. The highest BCUT2D eigenvalue weighted by atomic mass is 32.1. The standard InChI is InChI=1S/C8H5BF3S/c10-9(11,12)7-5-13-8-4-2-1-3-6(7)8/h1-5H/q-1. The van der Waals surface area contributed by atoms with Crippen LogP contribution in [-0.2, 0) is 0 Å². The molecule has 2 rings (SSSR count). The summed E-state index contributed by atoms with van der Waals surface area (Å²) in [5.74, 6) is 0. The minimum atomic E-state index is -4.87. The number of thiophene rings is 1. The molecule has 0 nitrogen and oxygen atoms in total. The molecule has 1 aromatic carbocycles. The molecule has 2 aromatic rings. The van der Waals surface area contributed by atoms with E-state index in [-0.39, 0.29) is 0 Å². The van der Waals surface area contributed by atoms with Gasteiger partial charge in [0.15, 0.2) is 0 Å². The van der Waals surface area contributed by atoms with Crippen LogP contribution in [0.3, 0.4) is 0 Å². The van der Waals surface area contributed by atoms with Crippen molar-refractivity contribution < 1.29 is 12.9 Å². The summed E-state index contributed by atoms with van der Waals surface area (Å²) in [6, 6.07) is 6.58. The fourth-order valence-electron chi connectivity index (χ4n) is 1.25. The van der Waals surface area contributed by atoms with Crippen LogP contribution in [-0.4, -0.2) is 6.98 Å². The molecule has 0 atom stereocenters. The maximum Gasteiger partial charge on any atom is 0.511 e. The average molecular weight is 201 g/mol. The van der Waals surface area contributed by atoms with E-state index in [0.717, 1.165) is 11.3 Å². The molecule has 13 heavy (non-hydrogen) atoms. The second kappa shape index (κ2) is 2.77. The number of benzene rings is 1. The highest BCUT2D eigenvalue weighted by Crippen LogP contribution is 2.23. The van der Waals surface area contributed by atoms with Crippen molar-refractivity contribution in [1.82, 2.24) is 0 Å². The minimum absolute atomic E-state index is 0.319. The molecular weight excluding hydrogens is 196 g/mol. The monoisotopic (exact) mass is 201 g/mol. The van der Waals surface area contributed by atoms with Gasteiger partial charge in [0.25, 0.3) is 0 Å². The summed E-state index contributed by atoms with van der Waals surface area (Å²) in [6.07, 6.45) is 0. The van der Waals surface area contributed by atoms with Crippen molar-refractivity contribution in [3.05, 3.63) is 29.6 Å². The quantitative estimate of drug-likeness (QED) is 0.622. The van der Waals surface area contributed by atoms with Crippen molar-refractivity contribution in [2.45, 2.75) is 0 Å². The molecule has 0 aliphatic carbocycles. The smallest absolute Gasteiger partial charge is 0.445 e. The first-order valence-corrected chi connectivity index (χ1v) is 4.63. The predicted octanol–water partition coefficient (Wildman–Crippen LogP) is 2.96. The Balaban J connectivity index is 2.72. The molecule has 1 heterocycles. The van der Waals surface area contributed by atoms with Crippen molar-refractivity contribution in [2.75, 3.05) is 0 Å². The van der Waals surface area contributed by atoms with E-state index in [2.05, 4.69) is 0 Å². The molecule has 0 saturated carbocycles. The molecule has 0 bridgehead atoms. The van der Waals surface area contributed by atoms with Crippen molar-refractivity contribution in [3.63, 3.8) is 0 Å². The molecule has 0 unspecified atom stereocenters. The van der Waals surface area contributed by atoms with Crippen LogP contribution in [0.15, 0.2) is 29.6 Å². The van der Waals surface area contributed by atoms with Gasteiger partial charge in [-0.15, -0.1) is 11.3 Å². The van der Waals surface area contributed by atoms with Crippen molar-refractivity contribution in [3.8, 4) is 0 Å². The Bertz CT molecular complexity index is 432. The van der Waals surface area contributed by atoms with Gasteiger partial charge in [-0.05, 0) is 16.8 Å². The van der Waals surface area contributed by atoms with Gasteiger partial charge < -0.3 is 12.9 Å². The summed E-state index contributed by atoms with van der Waals surface area (Å²) in [6.45, 7) is -4.87. The number of hydrogen-bond donors (Lipinski definition) is 0. The van der Waals surface area contributed by atoms with E-state index in [1.807, 2.05) is 0 Å². The van der Waals surface area contributed by atoms with Gasteiger partial charge >= 0.3 is 6.98 Å². The van der Waals surface area contributed by atoms with E-state index in [1.165, 1.54) is 11.4 Å². The van der Waals surface area contributed by atoms with E-state index in [1.54, 1.807) is 18.2 Å². The van der Waals surface area contributed by atoms with Crippen LogP contribution in [0.2, 0.25) is 0 Å². The van der Waals surface area contributed by atoms with Crippen LogP contribution in [0.4, 0.5) is 12.9 Å². The van der Waals surface area contributed by atoms with Crippen molar-refractivity contribution in [1.29, 1.82) is 0 Å². The Morgan fingerprint density at radius 1 is 1.08 bits per heavy atom. The van der Waals surface area contributed by atoms with E-state index in [4.69, 9.17) is 0 Å². The molecule has 0 aliphatic heterocycles. The highest BCUT2D eigenvalue weighted by molar-refractivity contribution is 7.19. The SMILES string of the molecule is F[B-](F)(F)c1csc2ccccc12. The first-order chi connectivity index (χ1) is 6.09. The van der Waals surface area contributed by atoms with Crippen LogP contribution in [0.1, 0.15) is 0 Å². The lowest BCUT2D eigenvalue weighted by molar-refractivity contribution is 0.502. The van der Waals surface area contributed by atoms with Gasteiger partial charge in [0, 0.05) is 4.70 Å². The molecule has 0 fully saturated rings. The lowest BCUT2D eigenvalue weighted by Gasteiger charge is -2.12. The molecule has 68 valence electrons.